The van der Waals surface area contributed by atoms with Crippen LogP contribution in [0, 0.1) is 0 Å². The van der Waals surface area contributed by atoms with E-state index in [9.17, 15) is 4.79 Å². The summed E-state index contributed by atoms with van der Waals surface area (Å²) in [5.41, 5.74) is 1.19. The topological polar surface area (TPSA) is 54.0 Å². The first-order chi connectivity index (χ1) is 14.1. The first-order valence-corrected chi connectivity index (χ1v) is 10.3. The predicted molar refractivity (Wildman–Crippen MR) is 116 cm³/mol. The van der Waals surface area contributed by atoms with Gasteiger partial charge < -0.3 is 19.7 Å². The van der Waals surface area contributed by atoms with E-state index in [2.05, 4.69) is 27.2 Å². The van der Waals surface area contributed by atoms with Gasteiger partial charge in [-0.15, -0.1) is 0 Å². The largest absolute Gasteiger partial charge is 0.497 e. The molecule has 0 bridgehead atoms. The molecule has 0 unspecified atom stereocenters. The van der Waals surface area contributed by atoms with Gasteiger partial charge in [0.15, 0.2) is 0 Å². The molecule has 0 aromatic heterocycles. The first kappa shape index (κ1) is 21.3. The lowest BCUT2D eigenvalue weighted by molar-refractivity contribution is -0.122. The van der Waals surface area contributed by atoms with E-state index in [-0.39, 0.29) is 5.91 Å². The van der Waals surface area contributed by atoms with Crippen LogP contribution in [0.3, 0.4) is 0 Å². The van der Waals surface area contributed by atoms with Crippen LogP contribution in [0.5, 0.6) is 11.5 Å². The Labute approximate surface area is 177 Å². The van der Waals surface area contributed by atoms with Gasteiger partial charge in [-0.05, 0) is 55.0 Å². The Balaban J connectivity index is 1.36. The van der Waals surface area contributed by atoms with E-state index in [1.165, 1.54) is 5.69 Å². The molecular weight excluding hydrogens is 390 g/mol. The van der Waals surface area contributed by atoms with Crippen LogP contribution in [-0.4, -0.2) is 63.8 Å². The van der Waals surface area contributed by atoms with Crippen LogP contribution in [0.1, 0.15) is 6.42 Å². The quantitative estimate of drug-likeness (QED) is 0.669. The number of amides is 1. The summed E-state index contributed by atoms with van der Waals surface area (Å²) in [6, 6.07) is 15.3. The number of ether oxygens (including phenoxy) is 2. The Morgan fingerprint density at radius 1 is 1.00 bits per heavy atom. The number of nitrogens with zero attached hydrogens (tertiary/aromatic N) is 2. The number of methoxy groups -OCH3 is 1. The van der Waals surface area contributed by atoms with E-state index in [1.807, 2.05) is 24.3 Å². The molecule has 1 N–H and O–H groups in total. The average Bonchev–Trinajstić information content (AvgIpc) is 2.98. The summed E-state index contributed by atoms with van der Waals surface area (Å²) in [6.07, 6.45) is 1.03. The summed E-state index contributed by atoms with van der Waals surface area (Å²) in [6.45, 7) is 4.99. The molecule has 7 heteroatoms. The summed E-state index contributed by atoms with van der Waals surface area (Å²) in [7, 11) is 1.67. The molecule has 0 aliphatic carbocycles. The van der Waals surface area contributed by atoms with Crippen molar-refractivity contribution in [2.45, 2.75) is 6.42 Å². The van der Waals surface area contributed by atoms with Crippen molar-refractivity contribution in [3.8, 4) is 11.5 Å². The highest BCUT2D eigenvalue weighted by Crippen LogP contribution is 2.20. The molecule has 2 aromatic carbocycles. The fourth-order valence-corrected chi connectivity index (χ4v) is 3.46. The van der Waals surface area contributed by atoms with Crippen molar-refractivity contribution in [1.82, 2.24) is 10.2 Å². The van der Waals surface area contributed by atoms with Crippen LogP contribution in [-0.2, 0) is 4.79 Å². The molecule has 6 nitrogen and oxygen atoms in total. The fraction of sp³-hybridized carbons (Fsp3) is 0.409. The predicted octanol–water partition coefficient (Wildman–Crippen LogP) is 3.06. The fourth-order valence-electron chi connectivity index (χ4n) is 3.33. The lowest BCUT2D eigenvalue weighted by atomic mass is 10.2. The summed E-state index contributed by atoms with van der Waals surface area (Å²) >= 11 is 5.85. The second-order valence-corrected chi connectivity index (χ2v) is 7.40. The highest BCUT2D eigenvalue weighted by molar-refractivity contribution is 6.30. The van der Waals surface area contributed by atoms with E-state index in [0.29, 0.717) is 24.7 Å². The molecule has 156 valence electrons. The summed E-state index contributed by atoms with van der Waals surface area (Å²) in [4.78, 5) is 16.8. The molecule has 1 aliphatic rings. The molecule has 0 radical (unpaired) electrons. The van der Waals surface area contributed by atoms with Crippen molar-refractivity contribution in [3.05, 3.63) is 53.6 Å². The van der Waals surface area contributed by atoms with Gasteiger partial charge in [0.2, 0.25) is 5.91 Å². The van der Waals surface area contributed by atoms with E-state index in [1.54, 1.807) is 19.2 Å². The van der Waals surface area contributed by atoms with E-state index < -0.39 is 0 Å². The second-order valence-electron chi connectivity index (χ2n) is 6.97. The van der Waals surface area contributed by atoms with Gasteiger partial charge in [-0.3, -0.25) is 9.69 Å². The molecule has 2 aromatic rings. The minimum Gasteiger partial charge on any atom is -0.497 e. The number of halogens is 1. The van der Waals surface area contributed by atoms with Crippen molar-refractivity contribution in [2.75, 3.05) is 57.9 Å². The molecule has 1 aliphatic heterocycles. The van der Waals surface area contributed by atoms with Crippen LogP contribution in [0.25, 0.3) is 0 Å². The summed E-state index contributed by atoms with van der Waals surface area (Å²) in [5.74, 6) is 1.64. The number of carbonyl (C=O) groups excluding carboxylic acids is 1. The smallest absolute Gasteiger partial charge is 0.234 e. The Hall–Kier alpha value is -2.44. The SMILES string of the molecule is COc1ccc(N2CCCN(CC(=O)NCCOc3ccc(Cl)cc3)CC2)cc1. The minimum absolute atomic E-state index is 0.0302. The van der Waals surface area contributed by atoms with Gasteiger partial charge in [-0.25, -0.2) is 0 Å². The third kappa shape index (κ3) is 6.84. The van der Waals surface area contributed by atoms with Crippen LogP contribution >= 0.6 is 11.6 Å². The molecule has 29 heavy (non-hydrogen) atoms. The van der Waals surface area contributed by atoms with Crippen molar-refractivity contribution in [3.63, 3.8) is 0 Å². The van der Waals surface area contributed by atoms with Crippen molar-refractivity contribution in [1.29, 1.82) is 0 Å². The lowest BCUT2D eigenvalue weighted by Gasteiger charge is -2.23. The number of hydrogen-bond donors (Lipinski definition) is 1. The first-order valence-electron chi connectivity index (χ1n) is 9.90. The Kier molecular flexibility index (Phi) is 8.02. The Morgan fingerprint density at radius 2 is 1.72 bits per heavy atom. The van der Waals surface area contributed by atoms with E-state index in [4.69, 9.17) is 21.1 Å². The summed E-state index contributed by atoms with van der Waals surface area (Å²) < 4.78 is 10.8. The Bertz CT molecular complexity index is 768. The zero-order chi connectivity index (χ0) is 20.5. The van der Waals surface area contributed by atoms with E-state index >= 15 is 0 Å². The lowest BCUT2D eigenvalue weighted by Crippen LogP contribution is -2.40. The van der Waals surface area contributed by atoms with Gasteiger partial charge in [0.1, 0.15) is 18.1 Å². The highest BCUT2D eigenvalue weighted by atomic mass is 35.5. The van der Waals surface area contributed by atoms with Gasteiger partial charge in [0, 0.05) is 36.9 Å². The number of anilines is 1. The van der Waals surface area contributed by atoms with Crippen LogP contribution < -0.4 is 19.7 Å². The number of rotatable bonds is 8. The maximum Gasteiger partial charge on any atom is 0.234 e. The normalized spacial score (nSPS) is 14.9. The maximum atomic E-state index is 12.2. The van der Waals surface area contributed by atoms with Crippen molar-refractivity contribution < 1.29 is 14.3 Å². The average molecular weight is 418 g/mol. The molecule has 0 atom stereocenters. The number of benzene rings is 2. The van der Waals surface area contributed by atoms with Crippen LogP contribution in [0.4, 0.5) is 5.69 Å². The van der Waals surface area contributed by atoms with Crippen molar-refractivity contribution >= 4 is 23.2 Å². The second kappa shape index (κ2) is 10.9. The number of hydrogen-bond acceptors (Lipinski definition) is 5. The molecule has 1 heterocycles. The highest BCUT2D eigenvalue weighted by Gasteiger charge is 2.17. The molecule has 1 amide bonds. The van der Waals surface area contributed by atoms with Gasteiger partial charge in [0.25, 0.3) is 0 Å². The standard InChI is InChI=1S/C22H28ClN3O3/c1-28-20-9-5-19(6-10-20)26-13-2-12-25(14-15-26)17-22(27)24-11-16-29-21-7-3-18(23)4-8-21/h3-10H,2,11-17H2,1H3,(H,24,27). The van der Waals surface area contributed by atoms with Gasteiger partial charge in [-0.2, -0.15) is 0 Å². The molecule has 1 saturated heterocycles. The molecule has 0 saturated carbocycles. The van der Waals surface area contributed by atoms with E-state index in [0.717, 1.165) is 44.1 Å². The maximum absolute atomic E-state index is 12.2. The third-order valence-corrected chi connectivity index (χ3v) is 5.15. The molecule has 0 spiro atoms. The van der Waals surface area contributed by atoms with Gasteiger partial charge in [0.05, 0.1) is 20.2 Å². The zero-order valence-electron chi connectivity index (χ0n) is 16.8. The minimum atomic E-state index is 0.0302. The van der Waals surface area contributed by atoms with Crippen molar-refractivity contribution in [2.24, 2.45) is 0 Å². The van der Waals surface area contributed by atoms with Gasteiger partial charge >= 0.3 is 0 Å². The molecule has 1 fully saturated rings. The third-order valence-electron chi connectivity index (χ3n) is 4.90. The zero-order valence-corrected chi connectivity index (χ0v) is 17.5. The Morgan fingerprint density at radius 3 is 2.45 bits per heavy atom. The summed E-state index contributed by atoms with van der Waals surface area (Å²) in [5, 5.41) is 3.60. The molecule has 3 rings (SSSR count). The number of carbonyl (C=O) groups is 1. The number of nitrogens with one attached hydrogen (secondary N) is 1. The molecular formula is C22H28ClN3O3. The van der Waals surface area contributed by atoms with Crippen LogP contribution in [0.2, 0.25) is 5.02 Å². The van der Waals surface area contributed by atoms with Crippen LogP contribution in [0.15, 0.2) is 48.5 Å². The monoisotopic (exact) mass is 417 g/mol. The van der Waals surface area contributed by atoms with Gasteiger partial charge in [-0.1, -0.05) is 11.6 Å².